The van der Waals surface area contributed by atoms with E-state index in [1.54, 1.807) is 32.0 Å². The Labute approximate surface area is 224 Å². The van der Waals surface area contributed by atoms with E-state index in [1.165, 1.54) is 17.7 Å². The highest BCUT2D eigenvalue weighted by atomic mass is 79.9. The molecule has 8 nitrogen and oxygen atoms in total. The highest BCUT2D eigenvalue weighted by Crippen LogP contribution is 2.28. The molecular formula is C21H23Br3N2O6S2. The lowest BCUT2D eigenvalue weighted by Crippen LogP contribution is -2.02. The van der Waals surface area contributed by atoms with Crippen molar-refractivity contribution in [3.05, 3.63) is 78.6 Å². The molecule has 0 saturated carbocycles. The Balaban J connectivity index is 0.000000259. The van der Waals surface area contributed by atoms with Gasteiger partial charge in [-0.3, -0.25) is 9.11 Å². The first-order chi connectivity index (χ1) is 15.4. The van der Waals surface area contributed by atoms with Gasteiger partial charge in [0.15, 0.2) is 0 Å². The molecule has 0 aliphatic rings. The molecule has 0 spiro atoms. The van der Waals surface area contributed by atoms with Crippen molar-refractivity contribution in [3.63, 3.8) is 0 Å². The molecule has 0 saturated heterocycles. The van der Waals surface area contributed by atoms with Crippen molar-refractivity contribution in [1.82, 2.24) is 0 Å². The molecule has 34 heavy (non-hydrogen) atoms. The van der Waals surface area contributed by atoms with Gasteiger partial charge in [-0.2, -0.15) is 16.8 Å². The maximum absolute atomic E-state index is 10.8. The second-order valence-corrected chi connectivity index (χ2v) is 12.2. The number of nitrogens with two attached hydrogens (primary N) is 2. The van der Waals surface area contributed by atoms with E-state index in [0.29, 0.717) is 20.2 Å². The molecule has 0 heterocycles. The van der Waals surface area contributed by atoms with Crippen LogP contribution < -0.4 is 11.5 Å². The molecule has 6 N–H and O–H groups in total. The van der Waals surface area contributed by atoms with Crippen LogP contribution in [0.5, 0.6) is 0 Å². The van der Waals surface area contributed by atoms with E-state index in [-0.39, 0.29) is 9.79 Å². The molecule has 3 aromatic carbocycles. The minimum atomic E-state index is -4.21. The molecule has 0 radical (unpaired) electrons. The van der Waals surface area contributed by atoms with Gasteiger partial charge in [0.1, 0.15) is 9.79 Å². The highest BCUT2D eigenvalue weighted by Gasteiger charge is 2.16. The summed E-state index contributed by atoms with van der Waals surface area (Å²) in [7, 11) is -8.31. The summed E-state index contributed by atoms with van der Waals surface area (Å²) in [5, 5.41) is 0. The molecule has 3 rings (SSSR count). The van der Waals surface area contributed by atoms with Gasteiger partial charge in [-0.15, -0.1) is 0 Å². The van der Waals surface area contributed by atoms with Crippen LogP contribution in [-0.4, -0.2) is 25.9 Å². The Bertz CT molecular complexity index is 1400. The number of halogens is 3. The second-order valence-electron chi connectivity index (χ2n) is 7.00. The second kappa shape index (κ2) is 12.5. The lowest BCUT2D eigenvalue weighted by atomic mass is 10.2. The average Bonchev–Trinajstić information content (AvgIpc) is 2.69. The third kappa shape index (κ3) is 9.29. The zero-order valence-corrected chi connectivity index (χ0v) is 24.6. The number of hydrogen-bond acceptors (Lipinski definition) is 6. The lowest BCUT2D eigenvalue weighted by molar-refractivity contribution is 0.480. The van der Waals surface area contributed by atoms with Crippen LogP contribution >= 0.6 is 47.8 Å². The fraction of sp³-hybridized carbons (Fsp3) is 0.143. The maximum atomic E-state index is 10.8. The molecule has 0 aliphatic carbocycles. The Morgan fingerprint density at radius 3 is 1.59 bits per heavy atom. The molecule has 0 unspecified atom stereocenters. The zero-order chi connectivity index (χ0) is 26.4. The minimum Gasteiger partial charge on any atom is -0.399 e. The van der Waals surface area contributed by atoms with Crippen LogP contribution in [0.25, 0.3) is 0 Å². The standard InChI is InChI=1S/C7H8BrNO3S.C7H8BrN.C7H7BrO3S/c1-4-2-5(9)3-6(7(4)8)13(10,11)12;1-5-4-6(9)2-3-7(5)8;1-5-3-2-4-6(7(5)8)12(9,10)11/h2-3H,9H2,1H3,(H,10,11,12);2-4H,9H2,1H3;2-4H,1H3,(H,9,10,11). The molecule has 3 aromatic rings. The van der Waals surface area contributed by atoms with Gasteiger partial charge in [0.05, 0.1) is 0 Å². The zero-order valence-electron chi connectivity index (χ0n) is 18.3. The fourth-order valence-corrected chi connectivity index (χ4v) is 5.72. The van der Waals surface area contributed by atoms with Crippen molar-refractivity contribution in [3.8, 4) is 0 Å². The molecule has 0 aliphatic heterocycles. The fourth-order valence-electron chi connectivity index (χ4n) is 2.44. The van der Waals surface area contributed by atoms with Gasteiger partial charge in [-0.25, -0.2) is 0 Å². The Morgan fingerprint density at radius 1 is 0.647 bits per heavy atom. The van der Waals surface area contributed by atoms with Gasteiger partial charge in [0.2, 0.25) is 0 Å². The quantitative estimate of drug-likeness (QED) is 0.189. The first-order valence-electron chi connectivity index (χ1n) is 9.22. The van der Waals surface area contributed by atoms with Crippen molar-refractivity contribution in [2.45, 2.75) is 30.6 Å². The molecule has 0 fully saturated rings. The number of anilines is 2. The van der Waals surface area contributed by atoms with Gasteiger partial charge in [-0.05, 0) is 106 Å². The summed E-state index contributed by atoms with van der Waals surface area (Å²) in [4.78, 5) is -0.299. The van der Waals surface area contributed by atoms with Crippen molar-refractivity contribution in [2.75, 3.05) is 11.5 Å². The van der Waals surface area contributed by atoms with Crippen LogP contribution in [0.3, 0.4) is 0 Å². The minimum absolute atomic E-state index is 0.0949. The van der Waals surface area contributed by atoms with Crippen LogP contribution in [0.15, 0.2) is 71.7 Å². The Hall–Kier alpha value is -1.48. The highest BCUT2D eigenvalue weighted by molar-refractivity contribution is 9.11. The first-order valence-corrected chi connectivity index (χ1v) is 14.5. The van der Waals surface area contributed by atoms with Gasteiger partial charge in [0.25, 0.3) is 20.2 Å². The first kappa shape index (κ1) is 30.6. The summed E-state index contributed by atoms with van der Waals surface area (Å²) < 4.78 is 62.5. The van der Waals surface area contributed by atoms with E-state index in [0.717, 1.165) is 15.7 Å². The predicted octanol–water partition coefficient (Wildman–Crippen LogP) is 5.93. The third-order valence-electron chi connectivity index (χ3n) is 4.14. The van der Waals surface area contributed by atoms with E-state index in [9.17, 15) is 16.8 Å². The normalized spacial score (nSPS) is 11.1. The van der Waals surface area contributed by atoms with Crippen LogP contribution in [0.1, 0.15) is 16.7 Å². The molecule has 0 amide bonds. The van der Waals surface area contributed by atoms with Gasteiger partial charge in [0, 0.05) is 24.8 Å². The number of hydrogen-bond donors (Lipinski definition) is 4. The summed E-state index contributed by atoms with van der Waals surface area (Å²) in [6, 6.07) is 13.2. The molecule has 186 valence electrons. The molecule has 0 bridgehead atoms. The van der Waals surface area contributed by atoms with Crippen LogP contribution in [0, 0.1) is 20.8 Å². The Morgan fingerprint density at radius 2 is 1.15 bits per heavy atom. The summed E-state index contributed by atoms with van der Waals surface area (Å²) in [6.07, 6.45) is 0. The van der Waals surface area contributed by atoms with Gasteiger partial charge in [-0.1, -0.05) is 28.1 Å². The van der Waals surface area contributed by atoms with E-state index in [2.05, 4.69) is 47.8 Å². The number of benzene rings is 3. The van der Waals surface area contributed by atoms with Crippen LogP contribution in [0.2, 0.25) is 0 Å². The molecule has 13 heteroatoms. The summed E-state index contributed by atoms with van der Waals surface area (Å²) in [6.45, 7) is 5.45. The average molecular weight is 703 g/mol. The van der Waals surface area contributed by atoms with E-state index in [4.69, 9.17) is 20.6 Å². The van der Waals surface area contributed by atoms with Gasteiger partial charge >= 0.3 is 0 Å². The summed E-state index contributed by atoms with van der Waals surface area (Å²) >= 11 is 9.51. The SMILES string of the molecule is Cc1cc(N)cc(S(=O)(=O)O)c1Br.Cc1cc(N)ccc1Br.Cc1cccc(S(=O)(=O)O)c1Br. The van der Waals surface area contributed by atoms with Crippen molar-refractivity contribution in [1.29, 1.82) is 0 Å². The lowest BCUT2D eigenvalue weighted by Gasteiger charge is -2.05. The van der Waals surface area contributed by atoms with Crippen molar-refractivity contribution >= 4 is 79.4 Å². The van der Waals surface area contributed by atoms with Crippen molar-refractivity contribution in [2.24, 2.45) is 0 Å². The molecular weight excluding hydrogens is 680 g/mol. The van der Waals surface area contributed by atoms with E-state index in [1.807, 2.05) is 25.1 Å². The topological polar surface area (TPSA) is 161 Å². The van der Waals surface area contributed by atoms with Crippen molar-refractivity contribution < 1.29 is 25.9 Å². The van der Waals surface area contributed by atoms with E-state index >= 15 is 0 Å². The monoisotopic (exact) mass is 700 g/mol. The van der Waals surface area contributed by atoms with Gasteiger partial charge < -0.3 is 11.5 Å². The molecule has 0 aromatic heterocycles. The summed E-state index contributed by atoms with van der Waals surface area (Å²) in [5.74, 6) is 0. The predicted molar refractivity (Wildman–Crippen MR) is 145 cm³/mol. The largest absolute Gasteiger partial charge is 0.399 e. The number of aryl methyl sites for hydroxylation is 3. The number of nitrogen functional groups attached to an aromatic ring is 2. The Kier molecular flexibility index (Phi) is 11.2. The third-order valence-corrected chi connectivity index (χ3v) is 9.43. The van der Waals surface area contributed by atoms with Crippen LogP contribution in [0.4, 0.5) is 11.4 Å². The number of rotatable bonds is 2. The molecule has 0 atom stereocenters. The summed E-state index contributed by atoms with van der Waals surface area (Å²) in [5.41, 5.74) is 14.7. The van der Waals surface area contributed by atoms with Crippen LogP contribution in [-0.2, 0) is 20.2 Å². The maximum Gasteiger partial charge on any atom is 0.295 e. The van der Waals surface area contributed by atoms with E-state index < -0.39 is 20.2 Å². The smallest absolute Gasteiger partial charge is 0.295 e.